The Hall–Kier alpha value is -3.20. The number of carboxylic acid groups (broad SMARTS) is 1. The van der Waals surface area contributed by atoms with Crippen LogP contribution in [0.25, 0.3) is 11.5 Å². The first-order chi connectivity index (χ1) is 13.1. The van der Waals surface area contributed by atoms with Crippen LogP contribution in [0.4, 0.5) is 17.5 Å². The van der Waals surface area contributed by atoms with Crippen LogP contribution >= 0.6 is 0 Å². The fourth-order valence-corrected chi connectivity index (χ4v) is 3.29. The highest BCUT2D eigenvalue weighted by Crippen LogP contribution is 2.29. The average Bonchev–Trinajstić information content (AvgIpc) is 3.13. The fourth-order valence-electron chi connectivity index (χ4n) is 3.29. The van der Waals surface area contributed by atoms with Gasteiger partial charge in [0.25, 0.3) is 0 Å². The maximum atomic E-state index is 11.0. The van der Waals surface area contributed by atoms with Crippen molar-refractivity contribution in [2.75, 3.05) is 10.6 Å². The third-order valence-electron chi connectivity index (χ3n) is 4.79. The molecule has 140 valence electrons. The number of hydrogen-bond acceptors (Lipinski definition) is 7. The Morgan fingerprint density at radius 3 is 2.59 bits per heavy atom. The number of carboxylic acids is 1. The van der Waals surface area contributed by atoms with Crippen LogP contribution in [0.5, 0.6) is 0 Å². The van der Waals surface area contributed by atoms with Gasteiger partial charge in [-0.1, -0.05) is 0 Å². The number of nitrogens with one attached hydrogen (secondary N) is 3. The first-order valence-corrected chi connectivity index (χ1v) is 8.91. The van der Waals surface area contributed by atoms with Crippen LogP contribution in [0.3, 0.4) is 0 Å². The lowest BCUT2D eigenvalue weighted by Gasteiger charge is -2.27. The summed E-state index contributed by atoms with van der Waals surface area (Å²) in [7, 11) is 0. The molecule has 9 heteroatoms. The Morgan fingerprint density at radius 1 is 1.15 bits per heavy atom. The third kappa shape index (κ3) is 3.82. The molecule has 0 bridgehead atoms. The van der Waals surface area contributed by atoms with Crippen molar-refractivity contribution in [2.45, 2.75) is 37.8 Å². The van der Waals surface area contributed by atoms with Gasteiger partial charge in [-0.3, -0.25) is 0 Å². The van der Waals surface area contributed by atoms with Gasteiger partial charge in [-0.05, 0) is 49.9 Å². The molecule has 0 aromatic heterocycles. The van der Waals surface area contributed by atoms with Gasteiger partial charge in [0.1, 0.15) is 12.1 Å². The van der Waals surface area contributed by atoms with E-state index in [1.165, 1.54) is 6.33 Å². The molecule has 0 radical (unpaired) electrons. The predicted octanol–water partition coefficient (Wildman–Crippen LogP) is 2.43. The van der Waals surface area contributed by atoms with Gasteiger partial charge in [0.2, 0.25) is 5.95 Å². The van der Waals surface area contributed by atoms with Crippen molar-refractivity contribution in [1.82, 2.24) is 19.9 Å². The Labute approximate surface area is 155 Å². The van der Waals surface area contributed by atoms with Crippen molar-refractivity contribution in [2.24, 2.45) is 5.73 Å². The number of rotatable bonds is 5. The minimum Gasteiger partial charge on any atom is -0.478 e. The normalized spacial score (nSPS) is 19.7. The second-order valence-electron chi connectivity index (χ2n) is 6.77. The SMILES string of the molecule is N[C@H]1CC[C@H](Nc2nc3ncnc-3c(Nc3ccc(C(=O)O)cc3)[nH]2)CC1. The number of benzene rings is 1. The maximum Gasteiger partial charge on any atom is 0.335 e. The molecule has 0 saturated heterocycles. The van der Waals surface area contributed by atoms with E-state index in [-0.39, 0.29) is 11.6 Å². The van der Waals surface area contributed by atoms with E-state index in [1.807, 2.05) is 0 Å². The largest absolute Gasteiger partial charge is 0.478 e. The zero-order valence-electron chi connectivity index (χ0n) is 14.6. The van der Waals surface area contributed by atoms with Crippen LogP contribution in [-0.4, -0.2) is 43.1 Å². The fraction of sp³-hybridized carbons (Fsp3) is 0.333. The summed E-state index contributed by atoms with van der Waals surface area (Å²) in [6, 6.07) is 7.10. The summed E-state index contributed by atoms with van der Waals surface area (Å²) in [6.45, 7) is 0. The topological polar surface area (TPSA) is 142 Å². The van der Waals surface area contributed by atoms with E-state index in [4.69, 9.17) is 10.8 Å². The Balaban J connectivity index is 1.56. The molecule has 2 heterocycles. The molecule has 1 aromatic carbocycles. The number of nitrogens with two attached hydrogens (primary N) is 1. The van der Waals surface area contributed by atoms with Crippen LogP contribution < -0.4 is 16.4 Å². The van der Waals surface area contributed by atoms with Gasteiger partial charge in [-0.2, -0.15) is 4.98 Å². The van der Waals surface area contributed by atoms with Gasteiger partial charge < -0.3 is 26.5 Å². The minimum absolute atomic E-state index is 0.232. The average molecular weight is 367 g/mol. The summed E-state index contributed by atoms with van der Waals surface area (Å²) >= 11 is 0. The quantitative estimate of drug-likeness (QED) is 0.463. The molecule has 6 N–H and O–H groups in total. The second-order valence-corrected chi connectivity index (χ2v) is 6.77. The molecule has 1 aliphatic carbocycles. The number of fused-ring (bicyclic) bond motifs is 1. The highest BCUT2D eigenvalue weighted by molar-refractivity contribution is 5.88. The summed E-state index contributed by atoms with van der Waals surface area (Å²) in [5, 5.41) is 15.7. The molecule has 2 aliphatic heterocycles. The number of aromatic nitrogens is 4. The number of carbonyl (C=O) groups is 1. The highest BCUT2D eigenvalue weighted by Gasteiger charge is 2.21. The highest BCUT2D eigenvalue weighted by atomic mass is 16.4. The summed E-state index contributed by atoms with van der Waals surface area (Å²) in [4.78, 5) is 27.2. The Kier molecular flexibility index (Phi) is 4.59. The molecule has 27 heavy (non-hydrogen) atoms. The van der Waals surface area contributed by atoms with Gasteiger partial charge >= 0.3 is 5.97 Å². The number of aromatic carboxylic acids is 1. The van der Waals surface area contributed by atoms with Gasteiger partial charge in [-0.15, -0.1) is 0 Å². The Bertz CT molecular complexity index is 900. The molecule has 4 rings (SSSR count). The van der Waals surface area contributed by atoms with E-state index < -0.39 is 5.97 Å². The molecular formula is C18H21N7O2. The lowest BCUT2D eigenvalue weighted by molar-refractivity contribution is 0.0697. The molecule has 1 fully saturated rings. The molecule has 0 amide bonds. The summed E-state index contributed by atoms with van der Waals surface area (Å²) in [6.07, 6.45) is 5.46. The van der Waals surface area contributed by atoms with Crippen LogP contribution in [0.2, 0.25) is 0 Å². The lowest BCUT2D eigenvalue weighted by Crippen LogP contribution is -2.33. The van der Waals surface area contributed by atoms with E-state index in [2.05, 4.69) is 30.6 Å². The van der Waals surface area contributed by atoms with E-state index in [0.717, 1.165) is 31.4 Å². The Morgan fingerprint density at radius 2 is 1.89 bits per heavy atom. The second kappa shape index (κ2) is 7.20. The van der Waals surface area contributed by atoms with Crippen molar-refractivity contribution in [3.63, 3.8) is 0 Å². The smallest absolute Gasteiger partial charge is 0.335 e. The van der Waals surface area contributed by atoms with Gasteiger partial charge in [0, 0.05) is 17.8 Å². The molecule has 0 unspecified atom stereocenters. The van der Waals surface area contributed by atoms with Crippen molar-refractivity contribution in [3.8, 4) is 11.5 Å². The van der Waals surface area contributed by atoms with Crippen molar-refractivity contribution < 1.29 is 9.90 Å². The van der Waals surface area contributed by atoms with E-state index in [0.29, 0.717) is 29.3 Å². The van der Waals surface area contributed by atoms with E-state index in [1.54, 1.807) is 24.3 Å². The molecule has 1 saturated carbocycles. The van der Waals surface area contributed by atoms with Crippen LogP contribution in [0.15, 0.2) is 30.6 Å². The lowest BCUT2D eigenvalue weighted by atomic mass is 9.92. The molecular weight excluding hydrogens is 346 g/mol. The third-order valence-corrected chi connectivity index (χ3v) is 4.79. The van der Waals surface area contributed by atoms with Crippen molar-refractivity contribution in [3.05, 3.63) is 36.2 Å². The predicted molar refractivity (Wildman–Crippen MR) is 101 cm³/mol. The summed E-state index contributed by atoms with van der Waals surface area (Å²) in [5.41, 5.74) is 7.56. The number of nitrogens with zero attached hydrogens (tertiary/aromatic N) is 3. The summed E-state index contributed by atoms with van der Waals surface area (Å²) < 4.78 is 0. The first-order valence-electron chi connectivity index (χ1n) is 8.91. The number of anilines is 3. The molecule has 0 atom stereocenters. The van der Waals surface area contributed by atoms with Gasteiger partial charge in [-0.25, -0.2) is 14.8 Å². The standard InChI is InChI=1S/C18H21N7O2/c19-11-3-7-13(8-4-11)23-18-24-15-14(20-9-21-15)16(25-18)22-12-5-1-10(2-6-12)17(26)27/h1-2,5-6,9,11,13H,3-4,7-8,19H2,(H,26,27)(H3,20,21,22,23,24,25)/t11-,13-. The minimum atomic E-state index is -0.958. The van der Waals surface area contributed by atoms with Crippen molar-refractivity contribution >= 4 is 23.4 Å². The molecule has 0 spiro atoms. The first kappa shape index (κ1) is 17.2. The maximum absolute atomic E-state index is 11.0. The van der Waals surface area contributed by atoms with E-state index >= 15 is 0 Å². The monoisotopic (exact) mass is 367 g/mol. The number of aromatic amines is 1. The number of imidazole rings is 1. The zero-order valence-corrected chi connectivity index (χ0v) is 14.6. The number of hydrogen-bond donors (Lipinski definition) is 5. The van der Waals surface area contributed by atoms with Crippen LogP contribution in [-0.2, 0) is 0 Å². The van der Waals surface area contributed by atoms with Gasteiger partial charge in [0.15, 0.2) is 11.5 Å². The summed E-state index contributed by atoms with van der Waals surface area (Å²) in [5.74, 6) is 0.845. The van der Waals surface area contributed by atoms with E-state index in [9.17, 15) is 4.79 Å². The molecule has 9 nitrogen and oxygen atoms in total. The van der Waals surface area contributed by atoms with Crippen LogP contribution in [0, 0.1) is 0 Å². The molecule has 1 aromatic rings. The molecule has 3 aliphatic rings. The van der Waals surface area contributed by atoms with Gasteiger partial charge in [0.05, 0.1) is 5.56 Å². The van der Waals surface area contributed by atoms with Crippen LogP contribution in [0.1, 0.15) is 36.0 Å². The van der Waals surface area contributed by atoms with Crippen molar-refractivity contribution in [1.29, 1.82) is 0 Å². The number of H-pyrrole nitrogens is 1. The zero-order chi connectivity index (χ0) is 18.8.